The Hall–Kier alpha value is -0.860. The molecular formula is C19H33NO. The Labute approximate surface area is 131 Å². The summed E-state index contributed by atoms with van der Waals surface area (Å²) in [6, 6.07) is 0. The van der Waals surface area contributed by atoms with Gasteiger partial charge in [0, 0.05) is 6.54 Å². The second-order valence-corrected chi connectivity index (χ2v) is 6.56. The van der Waals surface area contributed by atoms with Crippen LogP contribution in [0.1, 0.15) is 47.2 Å². The van der Waals surface area contributed by atoms with Crippen LogP contribution < -0.4 is 5.32 Å². The van der Waals surface area contributed by atoms with Crippen molar-refractivity contribution in [2.24, 2.45) is 5.92 Å². The van der Waals surface area contributed by atoms with E-state index in [4.69, 9.17) is 4.74 Å². The van der Waals surface area contributed by atoms with Crippen molar-refractivity contribution in [2.45, 2.75) is 54.9 Å². The van der Waals surface area contributed by atoms with Gasteiger partial charge in [-0.1, -0.05) is 13.8 Å². The lowest BCUT2D eigenvalue weighted by Crippen LogP contribution is -2.24. The van der Waals surface area contributed by atoms with Crippen LogP contribution in [0.3, 0.4) is 0 Å². The lowest BCUT2D eigenvalue weighted by Gasteiger charge is -2.18. The molecule has 0 aliphatic heterocycles. The molecule has 1 N–H and O–H groups in total. The van der Waals surface area contributed by atoms with Gasteiger partial charge in [0.1, 0.15) is 0 Å². The predicted molar refractivity (Wildman–Crippen MR) is 92.4 cm³/mol. The van der Waals surface area contributed by atoms with Crippen LogP contribution >= 0.6 is 0 Å². The fourth-order valence-electron chi connectivity index (χ4n) is 2.76. The highest BCUT2D eigenvalue weighted by atomic mass is 16.5. The van der Waals surface area contributed by atoms with Crippen LogP contribution in [0.2, 0.25) is 0 Å². The van der Waals surface area contributed by atoms with Crippen molar-refractivity contribution >= 4 is 0 Å². The Morgan fingerprint density at radius 2 is 1.33 bits per heavy atom. The van der Waals surface area contributed by atoms with Gasteiger partial charge < -0.3 is 10.1 Å². The first-order valence-electron chi connectivity index (χ1n) is 8.20. The summed E-state index contributed by atoms with van der Waals surface area (Å²) in [5.74, 6) is 0.703. The van der Waals surface area contributed by atoms with Crippen molar-refractivity contribution in [2.75, 3.05) is 26.3 Å². The van der Waals surface area contributed by atoms with Crippen LogP contribution in [0.5, 0.6) is 0 Å². The molecule has 0 fully saturated rings. The van der Waals surface area contributed by atoms with E-state index in [1.54, 1.807) is 0 Å². The maximum Gasteiger partial charge on any atom is 0.0591 e. The Morgan fingerprint density at radius 3 is 1.86 bits per heavy atom. The summed E-state index contributed by atoms with van der Waals surface area (Å²) in [7, 11) is 0. The molecule has 0 spiro atoms. The molecule has 2 heteroatoms. The van der Waals surface area contributed by atoms with Crippen molar-refractivity contribution in [1.82, 2.24) is 5.32 Å². The minimum Gasteiger partial charge on any atom is -0.380 e. The molecule has 1 aromatic carbocycles. The number of rotatable bonds is 8. The van der Waals surface area contributed by atoms with Gasteiger partial charge in [-0.15, -0.1) is 0 Å². The lowest BCUT2D eigenvalue weighted by molar-refractivity contribution is 0.138. The van der Waals surface area contributed by atoms with Crippen molar-refractivity contribution in [3.8, 4) is 0 Å². The summed E-state index contributed by atoms with van der Waals surface area (Å²) in [5.41, 5.74) is 8.67. The van der Waals surface area contributed by atoms with Crippen molar-refractivity contribution in [3.05, 3.63) is 33.4 Å². The maximum atomic E-state index is 5.78. The fraction of sp³-hybridized carbons (Fsp3) is 0.684. The minimum absolute atomic E-state index is 0.703. The summed E-state index contributed by atoms with van der Waals surface area (Å²) in [6.45, 7) is 19.3. The first kappa shape index (κ1) is 18.2. The van der Waals surface area contributed by atoms with E-state index in [-0.39, 0.29) is 0 Å². The van der Waals surface area contributed by atoms with E-state index in [1.165, 1.54) is 33.4 Å². The normalized spacial score (nSPS) is 11.4. The molecule has 0 radical (unpaired) electrons. The van der Waals surface area contributed by atoms with Crippen molar-refractivity contribution in [3.63, 3.8) is 0 Å². The van der Waals surface area contributed by atoms with Gasteiger partial charge in [-0.2, -0.15) is 0 Å². The number of benzene rings is 1. The van der Waals surface area contributed by atoms with Gasteiger partial charge in [0.15, 0.2) is 0 Å². The van der Waals surface area contributed by atoms with Crippen LogP contribution in [0.4, 0.5) is 0 Å². The van der Waals surface area contributed by atoms with E-state index in [0.717, 1.165) is 32.7 Å². The second kappa shape index (κ2) is 8.55. The quantitative estimate of drug-likeness (QED) is 0.730. The third kappa shape index (κ3) is 5.12. The number of hydrogen-bond acceptors (Lipinski definition) is 2. The van der Waals surface area contributed by atoms with E-state index >= 15 is 0 Å². The van der Waals surface area contributed by atoms with Gasteiger partial charge in [-0.05, 0) is 86.9 Å². The Bertz CT molecular complexity index is 434. The fourth-order valence-corrected chi connectivity index (χ4v) is 2.76. The van der Waals surface area contributed by atoms with E-state index in [2.05, 4.69) is 53.8 Å². The van der Waals surface area contributed by atoms with Crippen LogP contribution in [-0.4, -0.2) is 26.3 Å². The lowest BCUT2D eigenvalue weighted by atomic mass is 9.88. The zero-order valence-electron chi connectivity index (χ0n) is 15.0. The summed E-state index contributed by atoms with van der Waals surface area (Å²) in [6.07, 6.45) is 1.02. The van der Waals surface area contributed by atoms with Gasteiger partial charge in [0.2, 0.25) is 0 Å². The largest absolute Gasteiger partial charge is 0.380 e. The molecule has 0 bridgehead atoms. The van der Waals surface area contributed by atoms with E-state index < -0.39 is 0 Å². The smallest absolute Gasteiger partial charge is 0.0591 e. The summed E-state index contributed by atoms with van der Waals surface area (Å²) >= 11 is 0. The van der Waals surface area contributed by atoms with Crippen LogP contribution in [-0.2, 0) is 11.2 Å². The molecule has 0 aromatic heterocycles. The molecule has 1 aromatic rings. The van der Waals surface area contributed by atoms with Crippen LogP contribution in [0.15, 0.2) is 0 Å². The predicted octanol–water partition coefficient (Wildman–Crippen LogP) is 4.03. The molecule has 1 rings (SSSR count). The summed E-state index contributed by atoms with van der Waals surface area (Å²) in [4.78, 5) is 0. The van der Waals surface area contributed by atoms with Gasteiger partial charge in [-0.3, -0.25) is 0 Å². The van der Waals surface area contributed by atoms with Crippen molar-refractivity contribution < 1.29 is 4.74 Å². The molecule has 0 amide bonds. The molecule has 0 aliphatic rings. The molecule has 0 heterocycles. The number of ether oxygens (including phenoxy) is 1. The molecule has 21 heavy (non-hydrogen) atoms. The third-order valence-corrected chi connectivity index (χ3v) is 4.63. The summed E-state index contributed by atoms with van der Waals surface area (Å²) < 4.78 is 5.78. The first-order chi connectivity index (χ1) is 9.86. The van der Waals surface area contributed by atoms with Crippen molar-refractivity contribution in [1.29, 1.82) is 0 Å². The van der Waals surface area contributed by atoms with Gasteiger partial charge >= 0.3 is 0 Å². The van der Waals surface area contributed by atoms with Crippen LogP contribution in [0.25, 0.3) is 0 Å². The molecule has 0 saturated carbocycles. The molecular weight excluding hydrogens is 258 g/mol. The summed E-state index contributed by atoms with van der Waals surface area (Å²) in [5, 5.41) is 3.41. The monoisotopic (exact) mass is 291 g/mol. The Balaban J connectivity index is 2.46. The molecule has 120 valence electrons. The third-order valence-electron chi connectivity index (χ3n) is 4.63. The van der Waals surface area contributed by atoms with Gasteiger partial charge in [0.05, 0.1) is 13.2 Å². The topological polar surface area (TPSA) is 21.3 Å². The minimum atomic E-state index is 0.703. The first-order valence-corrected chi connectivity index (χ1v) is 8.20. The van der Waals surface area contributed by atoms with E-state index in [1.807, 2.05) is 0 Å². The Kier molecular flexibility index (Phi) is 7.41. The average molecular weight is 291 g/mol. The number of nitrogens with one attached hydrogen (secondary N) is 1. The molecule has 0 atom stereocenters. The van der Waals surface area contributed by atoms with Gasteiger partial charge in [-0.25, -0.2) is 0 Å². The van der Waals surface area contributed by atoms with Crippen LogP contribution in [0, 0.1) is 40.5 Å². The molecule has 0 unspecified atom stereocenters. The zero-order chi connectivity index (χ0) is 16.0. The highest BCUT2D eigenvalue weighted by molar-refractivity contribution is 5.49. The van der Waals surface area contributed by atoms with E-state index in [0.29, 0.717) is 5.92 Å². The highest BCUT2D eigenvalue weighted by Crippen LogP contribution is 2.26. The highest BCUT2D eigenvalue weighted by Gasteiger charge is 2.11. The molecule has 0 saturated heterocycles. The second-order valence-electron chi connectivity index (χ2n) is 6.56. The van der Waals surface area contributed by atoms with Gasteiger partial charge in [0.25, 0.3) is 0 Å². The Morgan fingerprint density at radius 1 is 0.810 bits per heavy atom. The molecule has 2 nitrogen and oxygen atoms in total. The number of hydrogen-bond donors (Lipinski definition) is 1. The maximum absolute atomic E-state index is 5.78. The SMILES string of the molecule is Cc1c(C)c(C)c(CCOCCNCC(C)C)c(C)c1C. The zero-order valence-corrected chi connectivity index (χ0v) is 15.0. The standard InChI is InChI=1S/C19H33NO/c1-13(2)12-20-9-11-21-10-8-19-17(6)15(4)14(3)16(5)18(19)7/h13,20H,8-12H2,1-7H3. The van der Waals surface area contributed by atoms with E-state index in [9.17, 15) is 0 Å². The molecule has 0 aliphatic carbocycles. The average Bonchev–Trinajstić information content (AvgIpc) is 2.45.